The second kappa shape index (κ2) is 4.00. The van der Waals surface area contributed by atoms with E-state index >= 15 is 0 Å². The summed E-state index contributed by atoms with van der Waals surface area (Å²) in [7, 11) is 0. The number of carbonyl (C=O) groups excluding carboxylic acids is 1. The fourth-order valence-electron chi connectivity index (χ4n) is 0.856. The van der Waals surface area contributed by atoms with Crippen molar-refractivity contribution in [2.45, 2.75) is 6.18 Å². The molecule has 0 aliphatic carbocycles. The normalized spacial score (nSPS) is 11.1. The van der Waals surface area contributed by atoms with Crippen LogP contribution < -0.4 is 5.32 Å². The van der Waals surface area contributed by atoms with Crippen molar-refractivity contribution in [3.8, 4) is 0 Å². The molecule has 0 spiro atoms. The molecule has 2 nitrogen and oxygen atoms in total. The minimum absolute atomic E-state index is 0.305. The third kappa shape index (κ3) is 3.02. The number of hydrogen-bond donors (Lipinski definition) is 1. The summed E-state index contributed by atoms with van der Waals surface area (Å²) in [6.07, 6.45) is -4.35. The van der Waals surface area contributed by atoms with E-state index in [1.165, 1.54) is 12.1 Å². The summed E-state index contributed by atoms with van der Waals surface area (Å²) in [5.74, 6) is 0. The van der Waals surface area contributed by atoms with Crippen LogP contribution >= 0.6 is 15.9 Å². The van der Waals surface area contributed by atoms with Crippen LogP contribution in [0.3, 0.4) is 0 Å². The van der Waals surface area contributed by atoms with E-state index in [9.17, 15) is 18.0 Å². The highest BCUT2D eigenvalue weighted by Crippen LogP contribution is 2.29. The lowest BCUT2D eigenvalue weighted by Gasteiger charge is -2.07. The first kappa shape index (κ1) is 11.0. The quantitative estimate of drug-likeness (QED) is 0.611. The van der Waals surface area contributed by atoms with Crippen molar-refractivity contribution >= 4 is 26.4 Å². The summed E-state index contributed by atoms with van der Waals surface area (Å²) < 4.78 is 36.3. The van der Waals surface area contributed by atoms with Gasteiger partial charge in [0.1, 0.15) is 0 Å². The number of rotatable bonds is 1. The molecule has 76 valence electrons. The third-order valence-electron chi connectivity index (χ3n) is 1.45. The standard InChI is InChI=1S/C8H5BrF3NO/c9-7(14)13-6-3-1-5(2-4-6)8(10,11)12/h1-4H,(H,13,14). The van der Waals surface area contributed by atoms with Crippen molar-refractivity contribution in [1.82, 2.24) is 0 Å². The summed E-state index contributed by atoms with van der Waals surface area (Å²) >= 11 is 2.60. The molecule has 1 amide bonds. The zero-order chi connectivity index (χ0) is 10.8. The Balaban J connectivity index is 2.84. The van der Waals surface area contributed by atoms with Crippen molar-refractivity contribution < 1.29 is 18.0 Å². The predicted octanol–water partition coefficient (Wildman–Crippen LogP) is 3.63. The first-order chi connectivity index (χ1) is 6.39. The van der Waals surface area contributed by atoms with Gasteiger partial charge in [0.25, 0.3) is 4.82 Å². The second-order valence-electron chi connectivity index (χ2n) is 2.47. The van der Waals surface area contributed by atoms with Gasteiger partial charge < -0.3 is 5.32 Å². The highest BCUT2D eigenvalue weighted by Gasteiger charge is 2.29. The highest BCUT2D eigenvalue weighted by molar-refractivity contribution is 9.18. The Morgan fingerprint density at radius 3 is 2.07 bits per heavy atom. The second-order valence-corrected chi connectivity index (χ2v) is 3.19. The van der Waals surface area contributed by atoms with E-state index < -0.39 is 16.6 Å². The Morgan fingerprint density at radius 2 is 1.71 bits per heavy atom. The van der Waals surface area contributed by atoms with Crippen LogP contribution in [0.2, 0.25) is 0 Å². The third-order valence-corrected chi connectivity index (χ3v) is 1.65. The van der Waals surface area contributed by atoms with E-state index in [-0.39, 0.29) is 0 Å². The van der Waals surface area contributed by atoms with Crippen LogP contribution in [0.4, 0.5) is 23.7 Å². The molecule has 1 N–H and O–H groups in total. The van der Waals surface area contributed by atoms with Gasteiger partial charge in [-0.2, -0.15) is 13.2 Å². The van der Waals surface area contributed by atoms with E-state index in [0.29, 0.717) is 5.69 Å². The molecule has 1 rings (SSSR count). The number of hydrogen-bond acceptors (Lipinski definition) is 1. The summed E-state index contributed by atoms with van der Waals surface area (Å²) in [6.45, 7) is 0. The molecular weight excluding hydrogens is 263 g/mol. The van der Waals surface area contributed by atoms with Crippen LogP contribution in [0.1, 0.15) is 5.56 Å². The fourth-order valence-corrected chi connectivity index (χ4v) is 1.08. The van der Waals surface area contributed by atoms with Gasteiger partial charge in [0, 0.05) is 21.6 Å². The lowest BCUT2D eigenvalue weighted by molar-refractivity contribution is -0.137. The molecule has 0 radical (unpaired) electrons. The van der Waals surface area contributed by atoms with Gasteiger partial charge >= 0.3 is 6.18 Å². The zero-order valence-electron chi connectivity index (χ0n) is 6.73. The van der Waals surface area contributed by atoms with Crippen LogP contribution in [-0.4, -0.2) is 4.82 Å². The molecule has 0 heterocycles. The Morgan fingerprint density at radius 1 is 1.21 bits per heavy atom. The number of anilines is 1. The SMILES string of the molecule is O=C(Br)Nc1ccc(C(F)(F)F)cc1. The van der Waals surface area contributed by atoms with Gasteiger partial charge in [-0.1, -0.05) is 0 Å². The zero-order valence-corrected chi connectivity index (χ0v) is 8.32. The van der Waals surface area contributed by atoms with Crippen molar-refractivity contribution in [2.24, 2.45) is 0 Å². The van der Waals surface area contributed by atoms with Crippen LogP contribution in [0.15, 0.2) is 24.3 Å². The Labute approximate surface area is 86.2 Å². The van der Waals surface area contributed by atoms with Crippen LogP contribution in [-0.2, 0) is 6.18 Å². The molecule has 0 aliphatic heterocycles. The van der Waals surface area contributed by atoms with Crippen LogP contribution in [0.5, 0.6) is 0 Å². The molecule has 0 aromatic heterocycles. The first-order valence-electron chi connectivity index (χ1n) is 3.53. The Hall–Kier alpha value is -1.04. The molecule has 0 saturated carbocycles. The summed E-state index contributed by atoms with van der Waals surface area (Å²) in [4.78, 5) is 9.98. The predicted molar refractivity (Wildman–Crippen MR) is 49.4 cm³/mol. The summed E-state index contributed by atoms with van der Waals surface area (Å²) in [6, 6.07) is 4.17. The smallest absolute Gasteiger partial charge is 0.317 e. The maximum atomic E-state index is 12.1. The van der Waals surface area contributed by atoms with E-state index in [0.717, 1.165) is 12.1 Å². The Bertz CT molecular complexity index is 333. The maximum Gasteiger partial charge on any atom is 0.416 e. The molecular formula is C8H5BrF3NO. The first-order valence-corrected chi connectivity index (χ1v) is 4.32. The topological polar surface area (TPSA) is 29.1 Å². The van der Waals surface area contributed by atoms with Gasteiger partial charge in [0.15, 0.2) is 0 Å². The van der Waals surface area contributed by atoms with E-state index in [2.05, 4.69) is 21.2 Å². The van der Waals surface area contributed by atoms with Crippen LogP contribution in [0.25, 0.3) is 0 Å². The Kier molecular flexibility index (Phi) is 3.15. The van der Waals surface area contributed by atoms with Crippen LogP contribution in [0, 0.1) is 0 Å². The van der Waals surface area contributed by atoms with E-state index in [1.807, 2.05) is 0 Å². The van der Waals surface area contributed by atoms with Crippen molar-refractivity contribution in [3.05, 3.63) is 29.8 Å². The molecule has 0 unspecified atom stereocenters. The summed E-state index contributed by atoms with van der Waals surface area (Å²) in [5.41, 5.74) is -0.440. The fraction of sp³-hybridized carbons (Fsp3) is 0.125. The molecule has 6 heteroatoms. The van der Waals surface area contributed by atoms with Gasteiger partial charge in [-0.25, -0.2) is 0 Å². The van der Waals surface area contributed by atoms with Gasteiger partial charge in [0.2, 0.25) is 0 Å². The molecule has 0 aliphatic rings. The molecule has 1 aromatic rings. The monoisotopic (exact) mass is 267 g/mol. The van der Waals surface area contributed by atoms with Gasteiger partial charge in [-0.3, -0.25) is 4.79 Å². The summed E-state index contributed by atoms with van der Waals surface area (Å²) in [5, 5.41) is 2.29. The number of carbonyl (C=O) groups is 1. The highest BCUT2D eigenvalue weighted by atomic mass is 79.9. The van der Waals surface area contributed by atoms with E-state index in [1.54, 1.807) is 0 Å². The van der Waals surface area contributed by atoms with Gasteiger partial charge in [0.05, 0.1) is 5.56 Å². The minimum atomic E-state index is -4.35. The number of benzene rings is 1. The average Bonchev–Trinajstić information content (AvgIpc) is 2.02. The number of alkyl halides is 3. The number of amides is 1. The van der Waals surface area contributed by atoms with Gasteiger partial charge in [-0.05, 0) is 24.3 Å². The minimum Gasteiger partial charge on any atom is -0.317 e. The number of halogens is 4. The largest absolute Gasteiger partial charge is 0.416 e. The maximum absolute atomic E-state index is 12.1. The molecule has 14 heavy (non-hydrogen) atoms. The molecule has 1 aromatic carbocycles. The van der Waals surface area contributed by atoms with Crippen molar-refractivity contribution in [2.75, 3.05) is 5.32 Å². The van der Waals surface area contributed by atoms with Crippen molar-refractivity contribution in [1.29, 1.82) is 0 Å². The average molecular weight is 268 g/mol. The lowest BCUT2D eigenvalue weighted by Crippen LogP contribution is -2.05. The molecule has 0 saturated heterocycles. The molecule has 0 bridgehead atoms. The molecule has 0 atom stereocenters. The lowest BCUT2D eigenvalue weighted by atomic mass is 10.2. The molecule has 0 fully saturated rings. The van der Waals surface area contributed by atoms with Gasteiger partial charge in [-0.15, -0.1) is 0 Å². The van der Waals surface area contributed by atoms with Crippen molar-refractivity contribution in [3.63, 3.8) is 0 Å². The number of nitrogens with one attached hydrogen (secondary N) is 1. The van der Waals surface area contributed by atoms with E-state index in [4.69, 9.17) is 0 Å².